The van der Waals surface area contributed by atoms with Gasteiger partial charge in [0.25, 0.3) is 5.91 Å². The van der Waals surface area contributed by atoms with Gasteiger partial charge >= 0.3 is 0 Å². The summed E-state index contributed by atoms with van der Waals surface area (Å²) in [5, 5.41) is 44.8. The molecule has 4 rings (SSSR count). The van der Waals surface area contributed by atoms with E-state index in [-0.39, 0.29) is 23.3 Å². The first-order valence-corrected chi connectivity index (χ1v) is 11.3. The zero-order valence-corrected chi connectivity index (χ0v) is 20.6. The van der Waals surface area contributed by atoms with Gasteiger partial charge in [-0.3, -0.25) is 19.3 Å². The number of carbonyl (C=O) groups is 3. The van der Waals surface area contributed by atoms with Crippen LogP contribution < -0.4 is 10.6 Å². The number of aliphatic hydroxyl groups excluding tert-OH is 2. The normalized spacial score (nSPS) is 32.4. The molecule has 5 atom stereocenters. The van der Waals surface area contributed by atoms with Crippen LogP contribution in [-0.2, 0) is 9.59 Å². The molecule has 10 nitrogen and oxygen atoms in total. The van der Waals surface area contributed by atoms with Crippen LogP contribution in [0.2, 0.25) is 0 Å². The number of hydrogen-bond donors (Lipinski definition) is 5. The van der Waals surface area contributed by atoms with Gasteiger partial charge in [-0.05, 0) is 44.1 Å². The second-order valence-corrected chi connectivity index (χ2v) is 10.4. The molecule has 0 fully saturated rings. The van der Waals surface area contributed by atoms with E-state index >= 15 is 0 Å². The molecular weight excluding hydrogens is 454 g/mol. The van der Waals surface area contributed by atoms with Gasteiger partial charge in [0.05, 0.1) is 11.6 Å². The maximum atomic E-state index is 13.8. The summed E-state index contributed by atoms with van der Waals surface area (Å²) < 4.78 is 0. The smallest absolute Gasteiger partial charge is 0.255 e. The molecule has 1 aromatic carbocycles. The van der Waals surface area contributed by atoms with Gasteiger partial charge in [-0.15, -0.1) is 0 Å². The van der Waals surface area contributed by atoms with E-state index in [9.17, 15) is 34.8 Å². The number of phenolic OH excluding ortho intramolecular Hbond substituents is 1. The molecule has 6 N–H and O–H groups in total. The summed E-state index contributed by atoms with van der Waals surface area (Å²) in [6.07, 6.45) is 0.0163. The second-order valence-electron chi connectivity index (χ2n) is 10.4. The van der Waals surface area contributed by atoms with E-state index in [2.05, 4.69) is 0 Å². The predicted octanol–water partition coefficient (Wildman–Crippen LogP) is 1.14. The van der Waals surface area contributed by atoms with Crippen molar-refractivity contribution >= 4 is 23.2 Å². The van der Waals surface area contributed by atoms with Crippen molar-refractivity contribution in [2.45, 2.75) is 37.8 Å². The van der Waals surface area contributed by atoms with Crippen molar-refractivity contribution in [2.75, 3.05) is 33.1 Å². The molecule has 1 aromatic rings. The zero-order chi connectivity index (χ0) is 26.4. The highest BCUT2D eigenvalue weighted by Crippen LogP contribution is 2.62. The number of aliphatic hydroxyl groups is 3. The molecule has 10 heteroatoms. The van der Waals surface area contributed by atoms with Crippen LogP contribution >= 0.6 is 0 Å². The molecule has 0 radical (unpaired) electrons. The maximum absolute atomic E-state index is 13.8. The lowest BCUT2D eigenvalue weighted by atomic mass is 9.50. The van der Waals surface area contributed by atoms with E-state index in [1.807, 2.05) is 25.9 Å². The van der Waals surface area contributed by atoms with Gasteiger partial charge < -0.3 is 31.1 Å². The summed E-state index contributed by atoms with van der Waals surface area (Å²) in [7, 11) is 6.82. The third-order valence-electron chi connectivity index (χ3n) is 8.17. The number of amides is 1. The van der Waals surface area contributed by atoms with Crippen molar-refractivity contribution in [3.63, 3.8) is 0 Å². The number of benzene rings is 1. The highest BCUT2D eigenvalue weighted by molar-refractivity contribution is 6.25. The van der Waals surface area contributed by atoms with Gasteiger partial charge in [0.2, 0.25) is 5.78 Å². The molecule has 0 aromatic heterocycles. The summed E-state index contributed by atoms with van der Waals surface area (Å²) in [5.41, 5.74) is 1.90. The minimum Gasteiger partial charge on any atom is -0.510 e. The van der Waals surface area contributed by atoms with Crippen LogP contribution in [0.25, 0.3) is 0 Å². The van der Waals surface area contributed by atoms with Gasteiger partial charge in [0, 0.05) is 36.7 Å². The Morgan fingerprint density at radius 2 is 1.71 bits per heavy atom. The monoisotopic (exact) mass is 485 g/mol. The van der Waals surface area contributed by atoms with E-state index in [4.69, 9.17) is 5.73 Å². The Bertz CT molecular complexity index is 1250. The lowest BCUT2D eigenvalue weighted by Crippen LogP contribution is -2.65. The number of nitrogens with two attached hydrogens (primary N) is 1. The van der Waals surface area contributed by atoms with Crippen LogP contribution in [-0.4, -0.2) is 82.6 Å². The lowest BCUT2D eigenvalue weighted by molar-refractivity contribution is -0.150. The Hall–Kier alpha value is -3.37. The fraction of sp³-hybridized carbons (Fsp3) is 0.480. The van der Waals surface area contributed by atoms with E-state index in [0.717, 1.165) is 0 Å². The topological polar surface area (TPSA) is 165 Å². The van der Waals surface area contributed by atoms with E-state index in [1.165, 1.54) is 11.0 Å². The minimum absolute atomic E-state index is 0.00860. The minimum atomic E-state index is -2.66. The Kier molecular flexibility index (Phi) is 5.35. The summed E-state index contributed by atoms with van der Waals surface area (Å²) >= 11 is 0. The van der Waals surface area contributed by atoms with Gasteiger partial charge in [-0.1, -0.05) is 13.8 Å². The molecule has 0 heterocycles. The number of ketones is 2. The van der Waals surface area contributed by atoms with Gasteiger partial charge in [0.15, 0.2) is 11.4 Å². The maximum Gasteiger partial charge on any atom is 0.255 e. The SMILES string of the molecule is C[C@H]1c2c(N(C)C)ccc(O)c2C(=O)C2=C(O)[C@]3(O)C(=O)C(C(N)=O)=C(O)[C@@H](N(C)C)[C@@H]3C[C@@]21C. The Morgan fingerprint density at radius 1 is 1.11 bits per heavy atom. The highest BCUT2D eigenvalue weighted by atomic mass is 16.3. The van der Waals surface area contributed by atoms with Crippen molar-refractivity contribution in [3.8, 4) is 5.75 Å². The number of anilines is 1. The van der Waals surface area contributed by atoms with Crippen LogP contribution in [0.1, 0.15) is 42.1 Å². The number of rotatable bonds is 3. The molecule has 1 amide bonds. The van der Waals surface area contributed by atoms with E-state index in [0.29, 0.717) is 11.3 Å². The second kappa shape index (κ2) is 7.56. The summed E-state index contributed by atoms with van der Waals surface area (Å²) in [6.45, 7) is 3.61. The van der Waals surface area contributed by atoms with Gasteiger partial charge in [0.1, 0.15) is 22.8 Å². The molecule has 0 saturated heterocycles. The van der Waals surface area contributed by atoms with Crippen molar-refractivity contribution in [1.82, 2.24) is 4.90 Å². The first-order chi connectivity index (χ1) is 16.1. The fourth-order valence-electron chi connectivity index (χ4n) is 6.31. The lowest BCUT2D eigenvalue weighted by Gasteiger charge is -2.55. The van der Waals surface area contributed by atoms with Crippen LogP contribution in [0.15, 0.2) is 34.8 Å². The molecule has 3 aliphatic carbocycles. The van der Waals surface area contributed by atoms with Gasteiger partial charge in [-0.2, -0.15) is 0 Å². The number of phenols is 1. The number of aromatic hydroxyl groups is 1. The third kappa shape index (κ3) is 2.93. The standard InChI is InChI=1S/C25H31N3O7/c1-10-14-12(27(3)4)7-8-13(29)15(14)19(30)17-22(33)25(35)11(9-24(10,17)2)18(28(5)6)20(31)16(21(25)32)23(26)34/h7-8,10-11,18,29,31,33,35H,9H2,1-6H3,(H2,26,34)/t10-,11-,18-,24+,25+/m0/s1. The number of primary amides is 1. The molecule has 35 heavy (non-hydrogen) atoms. The average Bonchev–Trinajstić information content (AvgIpc) is 2.74. The zero-order valence-electron chi connectivity index (χ0n) is 20.6. The molecule has 0 spiro atoms. The number of Topliss-reactive ketones (excluding diaryl/α,β-unsaturated/α-hetero) is 2. The number of carbonyl (C=O) groups excluding carboxylic acids is 3. The molecule has 3 aliphatic rings. The summed E-state index contributed by atoms with van der Waals surface area (Å²) in [6, 6.07) is 2.05. The molecular formula is C25H31N3O7. The number of nitrogens with zero attached hydrogens (tertiary/aromatic N) is 2. The predicted molar refractivity (Wildman–Crippen MR) is 127 cm³/mol. The summed E-state index contributed by atoms with van der Waals surface area (Å²) in [4.78, 5) is 42.7. The van der Waals surface area contributed by atoms with Crippen molar-refractivity contribution in [3.05, 3.63) is 45.9 Å². The Balaban J connectivity index is 2.08. The van der Waals surface area contributed by atoms with Crippen LogP contribution in [0.3, 0.4) is 0 Å². The van der Waals surface area contributed by atoms with Crippen LogP contribution in [0.4, 0.5) is 5.69 Å². The third-order valence-corrected chi connectivity index (χ3v) is 8.17. The quantitative estimate of drug-likeness (QED) is 0.395. The van der Waals surface area contributed by atoms with Crippen LogP contribution in [0.5, 0.6) is 5.75 Å². The van der Waals surface area contributed by atoms with Crippen LogP contribution in [0, 0.1) is 11.3 Å². The largest absolute Gasteiger partial charge is 0.510 e. The molecule has 0 unspecified atom stereocenters. The van der Waals surface area contributed by atoms with Crippen molar-refractivity contribution in [1.29, 1.82) is 0 Å². The molecule has 188 valence electrons. The Labute approximate surface area is 202 Å². The van der Waals surface area contributed by atoms with Crippen molar-refractivity contribution in [2.24, 2.45) is 17.1 Å². The first-order valence-electron chi connectivity index (χ1n) is 11.3. The van der Waals surface area contributed by atoms with E-state index < -0.39 is 63.5 Å². The molecule has 0 saturated carbocycles. The highest BCUT2D eigenvalue weighted by Gasteiger charge is 2.66. The number of fused-ring (bicyclic) bond motifs is 3. The Morgan fingerprint density at radius 3 is 2.23 bits per heavy atom. The first kappa shape index (κ1) is 24.7. The molecule has 0 aliphatic heterocycles. The van der Waals surface area contributed by atoms with Crippen molar-refractivity contribution < 1.29 is 34.8 Å². The number of hydrogen-bond acceptors (Lipinski definition) is 9. The summed E-state index contributed by atoms with van der Waals surface area (Å²) in [5.74, 6) is -6.49. The number of likely N-dealkylation sites (N-methyl/N-ethyl adjacent to an activating group) is 1. The fourth-order valence-corrected chi connectivity index (χ4v) is 6.31. The average molecular weight is 486 g/mol. The molecule has 0 bridgehead atoms. The van der Waals surface area contributed by atoms with Gasteiger partial charge in [-0.25, -0.2) is 0 Å². The number of allylic oxidation sites excluding steroid dienone is 1. The van der Waals surface area contributed by atoms with E-state index in [1.54, 1.807) is 27.1 Å².